The molecule has 5 saturated heterocycles. The Balaban J connectivity index is 0.883. The second-order valence-corrected chi connectivity index (χ2v) is 13.4. The number of pyridine rings is 3. The lowest BCUT2D eigenvalue weighted by Gasteiger charge is -2.56. The molecule has 0 aromatic carbocycles. The molecule has 4 atom stereocenters. The van der Waals surface area contributed by atoms with Crippen LogP contribution in [0, 0.1) is 0 Å². The van der Waals surface area contributed by atoms with Crippen LogP contribution in [0.1, 0.15) is 42.7 Å². The first-order valence-corrected chi connectivity index (χ1v) is 16.7. The van der Waals surface area contributed by atoms with Crippen molar-refractivity contribution in [3.8, 4) is 16.9 Å². The van der Waals surface area contributed by atoms with Gasteiger partial charge in [-0.3, -0.25) is 14.8 Å². The summed E-state index contributed by atoms with van der Waals surface area (Å²) in [7, 11) is 0. The van der Waals surface area contributed by atoms with E-state index in [1.54, 1.807) is 0 Å². The molecule has 0 spiro atoms. The zero-order chi connectivity index (χ0) is 29.7. The van der Waals surface area contributed by atoms with E-state index >= 15 is 0 Å². The fourth-order valence-corrected chi connectivity index (χ4v) is 7.88. The number of likely N-dealkylation sites (tertiary alicyclic amines) is 1. The Morgan fingerprint density at radius 2 is 1.78 bits per heavy atom. The average Bonchev–Trinajstić information content (AvgIpc) is 3.70. The summed E-state index contributed by atoms with van der Waals surface area (Å²) < 4.78 is 20.1. The first-order chi connectivity index (χ1) is 22.2. The van der Waals surface area contributed by atoms with Gasteiger partial charge >= 0.3 is 0 Å². The van der Waals surface area contributed by atoms with Crippen LogP contribution >= 0.6 is 0 Å². The Kier molecular flexibility index (Phi) is 7.18. The van der Waals surface area contributed by atoms with Gasteiger partial charge in [0.15, 0.2) is 0 Å². The topological polar surface area (TPSA) is 80.5 Å². The lowest BCUT2D eigenvalue weighted by Crippen LogP contribution is -2.68. The van der Waals surface area contributed by atoms with E-state index in [1.165, 1.54) is 35.9 Å². The van der Waals surface area contributed by atoms with Gasteiger partial charge in [-0.1, -0.05) is 6.07 Å². The standard InChI is InChI=1S/C35H41N7O3/c1-3-24(15-36-8-1)18-41-27-13-28(41)20-40(19-27)34-7-6-26(16-37-34)30-14-29(21-42-35(30)31(17-38-42)25-4-5-25)43-10-2-9-39-22-32-33(23-39)45-12-11-44-32/h1,3,6-8,14-17,21,25,27-28,32-33H,2,4-5,9-13,18-20,22-23H2. The maximum atomic E-state index is 6.34. The number of rotatable bonds is 10. The van der Waals surface area contributed by atoms with Gasteiger partial charge in [0.2, 0.25) is 0 Å². The lowest BCUT2D eigenvalue weighted by atomic mass is 9.87. The van der Waals surface area contributed by atoms with Gasteiger partial charge in [-0.05, 0) is 61.4 Å². The van der Waals surface area contributed by atoms with Gasteiger partial charge in [0.1, 0.15) is 11.6 Å². The van der Waals surface area contributed by atoms with E-state index in [0.29, 0.717) is 37.8 Å². The van der Waals surface area contributed by atoms with Crippen LogP contribution in [0.5, 0.6) is 5.75 Å². The molecule has 0 amide bonds. The number of hydrogen-bond acceptors (Lipinski definition) is 9. The minimum Gasteiger partial charge on any atom is -0.492 e. The van der Waals surface area contributed by atoms with E-state index in [4.69, 9.17) is 24.3 Å². The molecule has 9 heterocycles. The van der Waals surface area contributed by atoms with Crippen molar-refractivity contribution in [2.24, 2.45) is 0 Å². The summed E-state index contributed by atoms with van der Waals surface area (Å²) in [5.74, 6) is 2.51. The first kappa shape index (κ1) is 27.7. The molecule has 4 aromatic rings. The predicted octanol–water partition coefficient (Wildman–Crippen LogP) is 4.00. The SMILES string of the molecule is c1cncc(CN2C3CC2CN(c2ccc(-c4cc(OCCCN5CC6OCCOC6C5)cn5ncc(C6CC6)c45)cn2)C3)c1. The molecule has 2 bridgehead atoms. The highest BCUT2D eigenvalue weighted by molar-refractivity contribution is 5.84. The van der Waals surface area contributed by atoms with E-state index in [2.05, 4.69) is 50.1 Å². The van der Waals surface area contributed by atoms with E-state index in [0.717, 1.165) is 68.4 Å². The van der Waals surface area contributed by atoms with Crippen molar-refractivity contribution in [2.75, 3.05) is 57.4 Å². The smallest absolute Gasteiger partial charge is 0.138 e. The molecule has 0 radical (unpaired) electrons. The van der Waals surface area contributed by atoms with Gasteiger partial charge in [-0.25, -0.2) is 9.50 Å². The van der Waals surface area contributed by atoms with Gasteiger partial charge in [0.05, 0.1) is 49.9 Å². The molecule has 0 N–H and O–H groups in total. The van der Waals surface area contributed by atoms with Gasteiger partial charge < -0.3 is 19.1 Å². The molecule has 10 rings (SSSR count). The molecule has 1 saturated carbocycles. The molecular weight excluding hydrogens is 566 g/mol. The van der Waals surface area contributed by atoms with Gasteiger partial charge in [-0.15, -0.1) is 0 Å². The maximum Gasteiger partial charge on any atom is 0.138 e. The number of anilines is 1. The molecule has 45 heavy (non-hydrogen) atoms. The van der Waals surface area contributed by atoms with Crippen LogP contribution in [0.4, 0.5) is 5.82 Å². The van der Waals surface area contributed by atoms with Crippen LogP contribution in [0.15, 0.2) is 61.3 Å². The van der Waals surface area contributed by atoms with Gasteiger partial charge in [-0.2, -0.15) is 5.10 Å². The molecule has 4 unspecified atom stereocenters. The third-order valence-electron chi connectivity index (χ3n) is 10.4. The summed E-state index contributed by atoms with van der Waals surface area (Å²) in [4.78, 5) is 16.8. The second-order valence-electron chi connectivity index (χ2n) is 13.4. The van der Waals surface area contributed by atoms with Crippen molar-refractivity contribution in [1.82, 2.24) is 29.4 Å². The zero-order valence-corrected chi connectivity index (χ0v) is 25.7. The normalized spacial score (nSPS) is 26.6. The predicted molar refractivity (Wildman–Crippen MR) is 171 cm³/mol. The lowest BCUT2D eigenvalue weighted by molar-refractivity contribution is -0.116. The number of piperazine rings is 1. The van der Waals surface area contributed by atoms with Crippen molar-refractivity contribution < 1.29 is 14.2 Å². The number of nitrogens with zero attached hydrogens (tertiary/aromatic N) is 7. The third-order valence-corrected chi connectivity index (χ3v) is 10.4. The second kappa shape index (κ2) is 11.7. The van der Waals surface area contributed by atoms with Crippen LogP contribution in [0.3, 0.4) is 0 Å². The zero-order valence-electron chi connectivity index (χ0n) is 25.7. The van der Waals surface area contributed by atoms with Gasteiger partial charge in [0, 0.05) is 86.6 Å². The van der Waals surface area contributed by atoms with E-state index in [-0.39, 0.29) is 12.2 Å². The molecular formula is C35H41N7O3. The number of fused-ring (bicyclic) bond motifs is 4. The minimum absolute atomic E-state index is 0.220. The van der Waals surface area contributed by atoms with E-state index in [9.17, 15) is 0 Å². The molecule has 6 fully saturated rings. The van der Waals surface area contributed by atoms with Crippen molar-refractivity contribution in [3.05, 3.63) is 72.4 Å². The Hall–Kier alpha value is -3.57. The summed E-state index contributed by atoms with van der Waals surface area (Å²) in [5, 5.41) is 4.76. The largest absolute Gasteiger partial charge is 0.492 e. The number of aromatic nitrogens is 4. The summed E-state index contributed by atoms with van der Waals surface area (Å²) in [6.45, 7) is 7.97. The van der Waals surface area contributed by atoms with Gasteiger partial charge in [0.25, 0.3) is 0 Å². The number of ether oxygens (including phenoxy) is 3. The fourth-order valence-electron chi connectivity index (χ4n) is 7.88. The Labute approximate surface area is 263 Å². The highest BCUT2D eigenvalue weighted by atomic mass is 16.6. The molecule has 1 aliphatic carbocycles. The maximum absolute atomic E-state index is 6.34. The van der Waals surface area contributed by atoms with Crippen molar-refractivity contribution >= 4 is 11.3 Å². The molecule has 10 heteroatoms. The Bertz CT molecular complexity index is 1620. The van der Waals surface area contributed by atoms with Crippen LogP contribution < -0.4 is 9.64 Å². The fraction of sp³-hybridized carbons (Fsp3) is 0.514. The van der Waals surface area contributed by atoms with E-state index < -0.39 is 0 Å². The monoisotopic (exact) mass is 607 g/mol. The summed E-state index contributed by atoms with van der Waals surface area (Å²) in [6, 6.07) is 12.0. The van der Waals surface area contributed by atoms with Crippen LogP contribution in [-0.2, 0) is 16.0 Å². The summed E-state index contributed by atoms with van der Waals surface area (Å²) in [5.41, 5.74) is 6.07. The van der Waals surface area contributed by atoms with Crippen molar-refractivity contribution in [1.29, 1.82) is 0 Å². The highest BCUT2D eigenvalue weighted by Crippen LogP contribution is 2.45. The molecule has 234 valence electrons. The van der Waals surface area contributed by atoms with E-state index in [1.807, 2.05) is 35.4 Å². The molecule has 4 aromatic heterocycles. The van der Waals surface area contributed by atoms with Crippen molar-refractivity contribution in [3.63, 3.8) is 0 Å². The quantitative estimate of drug-likeness (QED) is 0.249. The molecule has 10 nitrogen and oxygen atoms in total. The number of piperidine rings is 1. The summed E-state index contributed by atoms with van der Waals surface area (Å²) in [6.07, 6.45) is 15.1. The van der Waals surface area contributed by atoms with Crippen LogP contribution in [0.2, 0.25) is 0 Å². The first-order valence-electron chi connectivity index (χ1n) is 16.7. The average molecular weight is 608 g/mol. The van der Waals surface area contributed by atoms with Crippen LogP contribution in [0.25, 0.3) is 16.6 Å². The Morgan fingerprint density at radius 1 is 0.933 bits per heavy atom. The molecule has 5 aliphatic heterocycles. The van der Waals surface area contributed by atoms with Crippen LogP contribution in [-0.4, -0.2) is 106 Å². The summed E-state index contributed by atoms with van der Waals surface area (Å²) >= 11 is 0. The third kappa shape index (κ3) is 5.48. The molecule has 6 aliphatic rings. The number of hydrogen-bond donors (Lipinski definition) is 0. The highest BCUT2D eigenvalue weighted by Gasteiger charge is 2.44. The minimum atomic E-state index is 0.220. The van der Waals surface area contributed by atoms with Crippen molar-refractivity contribution in [2.45, 2.75) is 62.4 Å². The Morgan fingerprint density at radius 3 is 2.51 bits per heavy atom.